The lowest BCUT2D eigenvalue weighted by Gasteiger charge is -2.20. The first-order valence-corrected chi connectivity index (χ1v) is 5.73. The smallest absolute Gasteiger partial charge is 0.305 e. The number of esters is 1. The van der Waals surface area contributed by atoms with E-state index in [0.29, 0.717) is 12.8 Å². The van der Waals surface area contributed by atoms with Gasteiger partial charge in [-0.1, -0.05) is 26.8 Å². The van der Waals surface area contributed by atoms with E-state index in [1.807, 2.05) is 6.07 Å². The molecule has 1 aromatic rings. The number of hydrogen-bond acceptors (Lipinski definition) is 3. The van der Waals surface area contributed by atoms with Gasteiger partial charge in [-0.25, -0.2) is 0 Å². The maximum absolute atomic E-state index is 11.1. The topological polar surface area (TPSA) is 46.5 Å². The molecule has 1 rings (SSSR count). The number of methoxy groups -OCH3 is 1. The maximum Gasteiger partial charge on any atom is 0.305 e. The van der Waals surface area contributed by atoms with Crippen LogP contribution in [0.2, 0.25) is 0 Å². The largest absolute Gasteiger partial charge is 0.508 e. The number of phenols is 1. The number of carbonyl (C=O) groups is 1. The Morgan fingerprint density at radius 1 is 1.29 bits per heavy atom. The molecule has 1 aromatic carbocycles. The molecule has 3 heteroatoms. The van der Waals surface area contributed by atoms with Gasteiger partial charge in [0.25, 0.3) is 0 Å². The summed E-state index contributed by atoms with van der Waals surface area (Å²) in [6, 6.07) is 5.49. The minimum Gasteiger partial charge on any atom is -0.508 e. The van der Waals surface area contributed by atoms with E-state index < -0.39 is 0 Å². The Bertz CT molecular complexity index is 402. The van der Waals surface area contributed by atoms with Crippen molar-refractivity contribution in [3.05, 3.63) is 29.3 Å². The van der Waals surface area contributed by atoms with Crippen LogP contribution in [0.15, 0.2) is 18.2 Å². The number of benzene rings is 1. The molecule has 0 radical (unpaired) electrons. The van der Waals surface area contributed by atoms with Crippen LogP contribution in [0.4, 0.5) is 0 Å². The summed E-state index contributed by atoms with van der Waals surface area (Å²) in [5.74, 6) is 0.0166. The van der Waals surface area contributed by atoms with Crippen LogP contribution in [-0.2, 0) is 21.4 Å². The highest BCUT2D eigenvalue weighted by Gasteiger charge is 2.15. The fraction of sp³-hybridized carbons (Fsp3) is 0.500. The number of rotatable bonds is 3. The van der Waals surface area contributed by atoms with Crippen LogP contribution in [0.3, 0.4) is 0 Å². The summed E-state index contributed by atoms with van der Waals surface area (Å²) in [6.07, 6.45) is 0.924. The number of aromatic hydroxyl groups is 1. The molecule has 0 atom stereocenters. The number of hydrogen-bond donors (Lipinski definition) is 1. The molecule has 0 fully saturated rings. The summed E-state index contributed by atoms with van der Waals surface area (Å²) in [4.78, 5) is 11.1. The zero-order chi connectivity index (χ0) is 13.1. The van der Waals surface area contributed by atoms with Crippen molar-refractivity contribution in [1.29, 1.82) is 0 Å². The fourth-order valence-electron chi connectivity index (χ4n) is 1.60. The molecule has 0 spiro atoms. The Morgan fingerprint density at radius 3 is 2.47 bits per heavy atom. The molecule has 0 aromatic heterocycles. The van der Waals surface area contributed by atoms with Crippen LogP contribution in [0.1, 0.15) is 38.3 Å². The number of carbonyl (C=O) groups excluding carboxylic acids is 1. The molecular formula is C14H20O3. The van der Waals surface area contributed by atoms with Crippen LogP contribution in [0.5, 0.6) is 5.75 Å². The van der Waals surface area contributed by atoms with Gasteiger partial charge in [-0.05, 0) is 35.1 Å². The van der Waals surface area contributed by atoms with Gasteiger partial charge in [0, 0.05) is 6.42 Å². The molecule has 0 aliphatic carbocycles. The summed E-state index contributed by atoms with van der Waals surface area (Å²) in [5.41, 5.74) is 2.01. The molecule has 94 valence electrons. The van der Waals surface area contributed by atoms with E-state index in [0.717, 1.165) is 11.1 Å². The molecule has 0 saturated heterocycles. The quantitative estimate of drug-likeness (QED) is 0.821. The van der Waals surface area contributed by atoms with Crippen molar-refractivity contribution >= 4 is 5.97 Å². The average Bonchev–Trinajstić information content (AvgIpc) is 2.24. The van der Waals surface area contributed by atoms with Crippen molar-refractivity contribution in [2.45, 2.75) is 39.0 Å². The Morgan fingerprint density at radius 2 is 1.94 bits per heavy atom. The highest BCUT2D eigenvalue weighted by atomic mass is 16.5. The molecule has 3 nitrogen and oxygen atoms in total. The third kappa shape index (κ3) is 4.10. The normalized spacial score (nSPS) is 11.3. The lowest BCUT2D eigenvalue weighted by Crippen LogP contribution is -2.11. The Labute approximate surface area is 102 Å². The maximum atomic E-state index is 11.1. The summed E-state index contributed by atoms with van der Waals surface area (Å²) < 4.78 is 4.60. The van der Waals surface area contributed by atoms with E-state index in [2.05, 4.69) is 25.5 Å². The third-order valence-corrected chi connectivity index (χ3v) is 2.69. The zero-order valence-electron chi connectivity index (χ0n) is 10.9. The van der Waals surface area contributed by atoms with Gasteiger partial charge >= 0.3 is 5.97 Å². The molecule has 0 bridgehead atoms. The van der Waals surface area contributed by atoms with Crippen LogP contribution >= 0.6 is 0 Å². The van der Waals surface area contributed by atoms with Crippen molar-refractivity contribution in [3.63, 3.8) is 0 Å². The molecular weight excluding hydrogens is 216 g/mol. The van der Waals surface area contributed by atoms with E-state index in [-0.39, 0.29) is 17.1 Å². The number of aryl methyl sites for hydroxylation is 1. The van der Waals surface area contributed by atoms with E-state index in [4.69, 9.17) is 0 Å². The number of ether oxygens (including phenoxy) is 1. The van der Waals surface area contributed by atoms with Crippen LogP contribution in [0.25, 0.3) is 0 Å². The van der Waals surface area contributed by atoms with Gasteiger partial charge in [0.15, 0.2) is 0 Å². The standard InChI is InChI=1S/C14H20O3/c1-14(2,3)11-7-10(8-12(15)9-11)5-6-13(16)17-4/h7-9,15H,5-6H2,1-4H3. The summed E-state index contributed by atoms with van der Waals surface area (Å²) in [7, 11) is 1.38. The van der Waals surface area contributed by atoms with Crippen LogP contribution in [0, 0.1) is 0 Å². The molecule has 0 amide bonds. The van der Waals surface area contributed by atoms with Crippen LogP contribution in [-0.4, -0.2) is 18.2 Å². The van der Waals surface area contributed by atoms with Crippen LogP contribution < -0.4 is 0 Å². The van der Waals surface area contributed by atoms with Crippen molar-refractivity contribution in [2.75, 3.05) is 7.11 Å². The highest BCUT2D eigenvalue weighted by molar-refractivity contribution is 5.69. The van der Waals surface area contributed by atoms with Gasteiger partial charge in [0.1, 0.15) is 5.75 Å². The first-order valence-electron chi connectivity index (χ1n) is 5.73. The average molecular weight is 236 g/mol. The van der Waals surface area contributed by atoms with Gasteiger partial charge in [0.05, 0.1) is 7.11 Å². The molecule has 0 saturated carbocycles. The zero-order valence-corrected chi connectivity index (χ0v) is 10.9. The van der Waals surface area contributed by atoms with Gasteiger partial charge in [-0.3, -0.25) is 4.79 Å². The fourth-order valence-corrected chi connectivity index (χ4v) is 1.60. The Kier molecular flexibility index (Phi) is 4.16. The predicted octanol–water partition coefficient (Wildman–Crippen LogP) is 2.80. The second kappa shape index (κ2) is 5.21. The van der Waals surface area contributed by atoms with Crippen molar-refractivity contribution in [2.24, 2.45) is 0 Å². The minimum absolute atomic E-state index is 0.0151. The lowest BCUT2D eigenvalue weighted by molar-refractivity contribution is -0.140. The Hall–Kier alpha value is -1.51. The van der Waals surface area contributed by atoms with E-state index in [1.54, 1.807) is 12.1 Å². The van der Waals surface area contributed by atoms with E-state index in [1.165, 1.54) is 7.11 Å². The first kappa shape index (κ1) is 13.6. The second-order valence-corrected chi connectivity index (χ2v) is 5.21. The van der Waals surface area contributed by atoms with Crippen molar-refractivity contribution in [3.8, 4) is 5.75 Å². The van der Waals surface area contributed by atoms with Gasteiger partial charge in [-0.15, -0.1) is 0 Å². The van der Waals surface area contributed by atoms with E-state index in [9.17, 15) is 9.90 Å². The van der Waals surface area contributed by atoms with Gasteiger partial charge in [0.2, 0.25) is 0 Å². The van der Waals surface area contributed by atoms with Gasteiger partial charge in [-0.2, -0.15) is 0 Å². The molecule has 0 aliphatic rings. The molecule has 0 aliphatic heterocycles. The predicted molar refractivity (Wildman–Crippen MR) is 67.1 cm³/mol. The molecule has 1 N–H and O–H groups in total. The van der Waals surface area contributed by atoms with E-state index >= 15 is 0 Å². The number of phenolic OH excluding ortho intramolecular Hbond substituents is 1. The summed E-state index contributed by atoms with van der Waals surface area (Å²) in [6.45, 7) is 6.27. The van der Waals surface area contributed by atoms with Gasteiger partial charge < -0.3 is 9.84 Å². The third-order valence-electron chi connectivity index (χ3n) is 2.69. The van der Waals surface area contributed by atoms with Crippen molar-refractivity contribution in [1.82, 2.24) is 0 Å². The summed E-state index contributed by atoms with van der Waals surface area (Å²) >= 11 is 0. The SMILES string of the molecule is COC(=O)CCc1cc(O)cc(C(C)(C)C)c1. The Balaban J connectivity index is 2.87. The molecule has 0 heterocycles. The van der Waals surface area contributed by atoms with Crippen molar-refractivity contribution < 1.29 is 14.6 Å². The second-order valence-electron chi connectivity index (χ2n) is 5.21. The minimum atomic E-state index is -0.231. The molecule has 0 unspecified atom stereocenters. The first-order chi connectivity index (χ1) is 7.82. The lowest BCUT2D eigenvalue weighted by atomic mass is 9.85. The monoisotopic (exact) mass is 236 g/mol. The summed E-state index contributed by atoms with van der Waals surface area (Å²) in [5, 5.41) is 9.66. The molecule has 17 heavy (non-hydrogen) atoms. The highest BCUT2D eigenvalue weighted by Crippen LogP contribution is 2.27.